The van der Waals surface area contributed by atoms with Crippen LogP contribution in [0.3, 0.4) is 0 Å². The molecule has 0 spiro atoms. The molecule has 2 saturated heterocycles. The van der Waals surface area contributed by atoms with Gasteiger partial charge in [-0.25, -0.2) is 9.50 Å². The van der Waals surface area contributed by atoms with Crippen LogP contribution in [0.25, 0.3) is 5.78 Å². The number of fused-ring (bicyclic) bond motifs is 1. The molecule has 0 aromatic carbocycles. The number of likely N-dealkylation sites (tertiary alicyclic amines) is 2. The molecule has 2 aromatic heterocycles. The highest BCUT2D eigenvalue weighted by atomic mass is 16.2. The fourth-order valence-corrected chi connectivity index (χ4v) is 5.18. The van der Waals surface area contributed by atoms with E-state index < -0.39 is 0 Å². The number of aromatic nitrogens is 4. The topological polar surface area (TPSA) is 66.6 Å². The van der Waals surface area contributed by atoms with E-state index in [1.165, 1.54) is 45.2 Å². The van der Waals surface area contributed by atoms with Crippen LogP contribution in [0.5, 0.6) is 0 Å². The van der Waals surface area contributed by atoms with Crippen LogP contribution in [0, 0.1) is 20.8 Å². The van der Waals surface area contributed by atoms with Gasteiger partial charge in [-0.15, -0.1) is 0 Å². The molecule has 7 heteroatoms. The quantitative estimate of drug-likeness (QED) is 0.754. The van der Waals surface area contributed by atoms with Gasteiger partial charge in [-0.2, -0.15) is 10.1 Å². The number of nitrogens with zero attached hydrogens (tertiary/aromatic N) is 6. The molecule has 0 bridgehead atoms. The van der Waals surface area contributed by atoms with Crippen LogP contribution in [0.1, 0.15) is 74.1 Å². The number of carbonyl (C=O) groups is 1. The van der Waals surface area contributed by atoms with E-state index in [2.05, 4.69) is 31.8 Å². The Morgan fingerprint density at radius 1 is 0.967 bits per heavy atom. The predicted molar refractivity (Wildman–Crippen MR) is 118 cm³/mol. The molecule has 0 radical (unpaired) electrons. The molecule has 0 saturated carbocycles. The zero-order chi connectivity index (χ0) is 21.1. The summed E-state index contributed by atoms with van der Waals surface area (Å²) >= 11 is 0. The summed E-state index contributed by atoms with van der Waals surface area (Å²) in [5.41, 5.74) is 3.13. The van der Waals surface area contributed by atoms with Gasteiger partial charge >= 0.3 is 0 Å². The van der Waals surface area contributed by atoms with Crippen molar-refractivity contribution in [3.05, 3.63) is 22.8 Å². The summed E-state index contributed by atoms with van der Waals surface area (Å²) in [4.78, 5) is 27.0. The van der Waals surface area contributed by atoms with E-state index in [0.29, 0.717) is 30.6 Å². The third-order valence-corrected chi connectivity index (χ3v) is 6.86. The number of hydrogen-bond acceptors (Lipinski definition) is 5. The molecule has 1 unspecified atom stereocenters. The summed E-state index contributed by atoms with van der Waals surface area (Å²) in [5, 5.41) is 4.46. The maximum absolute atomic E-state index is 13.2. The second-order valence-corrected chi connectivity index (χ2v) is 9.08. The van der Waals surface area contributed by atoms with Gasteiger partial charge in [-0.3, -0.25) is 4.79 Å². The molecular weight excluding hydrogens is 376 g/mol. The lowest BCUT2D eigenvalue weighted by molar-refractivity contribution is -0.135. The van der Waals surface area contributed by atoms with Crippen molar-refractivity contribution < 1.29 is 4.79 Å². The van der Waals surface area contributed by atoms with Gasteiger partial charge in [0.15, 0.2) is 0 Å². The van der Waals surface area contributed by atoms with Crippen molar-refractivity contribution in [1.29, 1.82) is 0 Å². The summed E-state index contributed by atoms with van der Waals surface area (Å²) in [6, 6.07) is 0.380. The summed E-state index contributed by atoms with van der Waals surface area (Å²) < 4.78 is 1.81. The zero-order valence-corrected chi connectivity index (χ0v) is 18.9. The van der Waals surface area contributed by atoms with E-state index in [1.54, 1.807) is 0 Å². The highest BCUT2D eigenvalue weighted by molar-refractivity contribution is 5.77. The predicted octanol–water partition coefficient (Wildman–Crippen LogP) is 3.24. The van der Waals surface area contributed by atoms with Crippen LogP contribution in [0.15, 0.2) is 0 Å². The molecule has 2 fully saturated rings. The molecular formula is C23H36N6O. The van der Waals surface area contributed by atoms with Crippen LogP contribution >= 0.6 is 0 Å². The number of rotatable bonds is 5. The molecule has 1 atom stereocenters. The van der Waals surface area contributed by atoms with Crippen molar-refractivity contribution in [1.82, 2.24) is 29.4 Å². The van der Waals surface area contributed by atoms with Crippen molar-refractivity contribution >= 4 is 11.7 Å². The SMILES string of the molecule is Cc1nc2nc(C)c(CCC(=O)N3CCCCC3CN3CCCCCC3)c(C)n2n1. The summed E-state index contributed by atoms with van der Waals surface area (Å²) in [6.07, 6.45) is 10.1. The normalized spacial score (nSPS) is 21.2. The smallest absolute Gasteiger partial charge is 0.252 e. The minimum Gasteiger partial charge on any atom is -0.338 e. The molecule has 2 aliphatic rings. The second-order valence-electron chi connectivity index (χ2n) is 9.08. The standard InChI is InChI=1S/C23H36N6O/c1-17-21(18(2)29-23(24-17)25-19(3)26-29)11-12-22(30)28-15-9-6-10-20(28)16-27-13-7-4-5-8-14-27/h20H,4-16H2,1-3H3. The maximum atomic E-state index is 13.2. The fourth-order valence-electron chi connectivity index (χ4n) is 5.18. The minimum absolute atomic E-state index is 0.295. The van der Waals surface area contributed by atoms with Gasteiger partial charge in [-0.05, 0) is 77.9 Å². The van der Waals surface area contributed by atoms with Gasteiger partial charge in [0.25, 0.3) is 5.78 Å². The Kier molecular flexibility index (Phi) is 6.66. The van der Waals surface area contributed by atoms with Crippen molar-refractivity contribution in [3.8, 4) is 0 Å². The van der Waals surface area contributed by atoms with Gasteiger partial charge in [0.2, 0.25) is 5.91 Å². The van der Waals surface area contributed by atoms with E-state index in [-0.39, 0.29) is 0 Å². The number of carbonyl (C=O) groups excluding carboxylic acids is 1. The van der Waals surface area contributed by atoms with E-state index in [0.717, 1.165) is 48.7 Å². The fraction of sp³-hybridized carbons (Fsp3) is 0.739. The van der Waals surface area contributed by atoms with Crippen molar-refractivity contribution in [3.63, 3.8) is 0 Å². The lowest BCUT2D eigenvalue weighted by atomic mass is 9.99. The molecule has 1 amide bonds. The first-order chi connectivity index (χ1) is 14.5. The molecule has 0 N–H and O–H groups in total. The first-order valence-electron chi connectivity index (χ1n) is 11.7. The largest absolute Gasteiger partial charge is 0.338 e. The summed E-state index contributed by atoms with van der Waals surface area (Å²) in [7, 11) is 0. The van der Waals surface area contributed by atoms with Crippen molar-refractivity contribution in [2.24, 2.45) is 0 Å². The first-order valence-corrected chi connectivity index (χ1v) is 11.7. The Balaban J connectivity index is 1.42. The van der Waals surface area contributed by atoms with E-state index in [9.17, 15) is 4.79 Å². The van der Waals surface area contributed by atoms with E-state index in [4.69, 9.17) is 0 Å². The van der Waals surface area contributed by atoms with Crippen LogP contribution in [0.2, 0.25) is 0 Å². The van der Waals surface area contributed by atoms with Crippen molar-refractivity contribution in [2.75, 3.05) is 26.2 Å². The first kappa shape index (κ1) is 21.2. The van der Waals surface area contributed by atoms with Gasteiger partial charge in [0.1, 0.15) is 5.82 Å². The molecule has 164 valence electrons. The Hall–Kier alpha value is -2.02. The van der Waals surface area contributed by atoms with Gasteiger partial charge in [0, 0.05) is 36.9 Å². The highest BCUT2D eigenvalue weighted by Gasteiger charge is 2.28. The zero-order valence-electron chi connectivity index (χ0n) is 18.9. The van der Waals surface area contributed by atoms with Crippen LogP contribution < -0.4 is 0 Å². The minimum atomic E-state index is 0.295. The molecule has 2 aromatic rings. The average Bonchev–Trinajstić information content (AvgIpc) is 2.92. The molecule has 7 nitrogen and oxygen atoms in total. The highest BCUT2D eigenvalue weighted by Crippen LogP contribution is 2.22. The lowest BCUT2D eigenvalue weighted by Gasteiger charge is -2.38. The summed E-state index contributed by atoms with van der Waals surface area (Å²) in [6.45, 7) is 10.3. The molecule has 4 rings (SSSR count). The Bertz CT molecular complexity index is 883. The lowest BCUT2D eigenvalue weighted by Crippen LogP contribution is -2.49. The third-order valence-electron chi connectivity index (χ3n) is 6.86. The summed E-state index contributed by atoms with van der Waals surface area (Å²) in [5.74, 6) is 1.66. The van der Waals surface area contributed by atoms with Crippen LogP contribution in [-0.2, 0) is 11.2 Å². The Morgan fingerprint density at radius 3 is 2.47 bits per heavy atom. The number of amides is 1. The van der Waals surface area contributed by atoms with Gasteiger partial charge < -0.3 is 9.80 Å². The number of hydrogen-bond donors (Lipinski definition) is 0. The van der Waals surface area contributed by atoms with E-state index >= 15 is 0 Å². The van der Waals surface area contributed by atoms with Crippen LogP contribution in [-0.4, -0.2) is 67.5 Å². The Morgan fingerprint density at radius 2 is 1.70 bits per heavy atom. The number of aryl methyl sites for hydroxylation is 3. The molecule has 4 heterocycles. The maximum Gasteiger partial charge on any atom is 0.252 e. The number of piperidine rings is 1. The third kappa shape index (κ3) is 4.66. The van der Waals surface area contributed by atoms with Gasteiger partial charge in [-0.1, -0.05) is 12.8 Å². The molecule has 0 aliphatic carbocycles. The van der Waals surface area contributed by atoms with Gasteiger partial charge in [0.05, 0.1) is 0 Å². The molecule has 2 aliphatic heterocycles. The van der Waals surface area contributed by atoms with E-state index in [1.807, 2.05) is 18.4 Å². The second kappa shape index (κ2) is 9.41. The molecule has 30 heavy (non-hydrogen) atoms. The Labute approximate surface area is 179 Å². The van der Waals surface area contributed by atoms with Crippen molar-refractivity contribution in [2.45, 2.75) is 84.6 Å². The van der Waals surface area contributed by atoms with Crippen LogP contribution in [0.4, 0.5) is 0 Å². The monoisotopic (exact) mass is 412 g/mol. The average molecular weight is 413 g/mol.